The maximum atomic E-state index is 12.3. The summed E-state index contributed by atoms with van der Waals surface area (Å²) in [5, 5.41) is 3.32. The first-order chi connectivity index (χ1) is 12.2. The van der Waals surface area contributed by atoms with Crippen LogP contribution in [0.4, 0.5) is 11.4 Å². The Hall–Kier alpha value is -2.05. The molecular weight excluding hydrogens is 372 g/mol. The fourth-order valence-electron chi connectivity index (χ4n) is 2.62. The lowest BCUT2D eigenvalue weighted by Crippen LogP contribution is -2.33. The predicted molar refractivity (Wildman–Crippen MR) is 107 cm³/mol. The van der Waals surface area contributed by atoms with Gasteiger partial charge in [0.05, 0.1) is 11.9 Å². The molecule has 0 aliphatic heterocycles. The van der Waals surface area contributed by atoms with Crippen LogP contribution in [0.5, 0.6) is 0 Å². The summed E-state index contributed by atoms with van der Waals surface area (Å²) in [6.45, 7) is 3.91. The number of carbonyl (C=O) groups is 1. The van der Waals surface area contributed by atoms with E-state index in [-0.39, 0.29) is 18.9 Å². The average Bonchev–Trinajstić information content (AvgIpc) is 2.57. The van der Waals surface area contributed by atoms with Crippen LogP contribution in [0.15, 0.2) is 42.5 Å². The number of nitrogens with one attached hydrogen (secondary N) is 1. The third-order valence-electron chi connectivity index (χ3n) is 4.04. The molecule has 0 fully saturated rings. The Bertz CT molecular complexity index is 897. The van der Waals surface area contributed by atoms with Gasteiger partial charge in [-0.25, -0.2) is 8.42 Å². The molecule has 0 aliphatic carbocycles. The summed E-state index contributed by atoms with van der Waals surface area (Å²) < 4.78 is 25.7. The van der Waals surface area contributed by atoms with Crippen LogP contribution in [0.3, 0.4) is 0 Å². The third kappa shape index (κ3) is 5.22. The van der Waals surface area contributed by atoms with E-state index in [0.29, 0.717) is 22.8 Å². The fraction of sp³-hybridized carbons (Fsp3) is 0.316. The average molecular weight is 395 g/mol. The molecular formula is C19H23ClN2O3S. The van der Waals surface area contributed by atoms with Crippen molar-refractivity contribution in [2.24, 2.45) is 0 Å². The SMILES string of the molecule is CCc1ccccc1N(CCC(=O)Nc1ccc(C)c(Cl)c1)S(C)(=O)=O. The van der Waals surface area contributed by atoms with Crippen LogP contribution in [-0.2, 0) is 21.2 Å². The number of sulfonamides is 1. The van der Waals surface area contributed by atoms with Gasteiger partial charge in [-0.2, -0.15) is 0 Å². The molecule has 1 N–H and O–H groups in total. The summed E-state index contributed by atoms with van der Waals surface area (Å²) in [7, 11) is -3.50. The number of rotatable bonds is 7. The van der Waals surface area contributed by atoms with Crippen LogP contribution < -0.4 is 9.62 Å². The lowest BCUT2D eigenvalue weighted by atomic mass is 10.1. The second kappa shape index (κ2) is 8.56. The first kappa shape index (κ1) is 20.3. The van der Waals surface area contributed by atoms with Crippen LogP contribution in [0.25, 0.3) is 0 Å². The van der Waals surface area contributed by atoms with Crippen molar-refractivity contribution in [1.29, 1.82) is 0 Å². The maximum Gasteiger partial charge on any atom is 0.232 e. The number of amides is 1. The van der Waals surface area contributed by atoms with E-state index in [1.165, 1.54) is 4.31 Å². The highest BCUT2D eigenvalue weighted by atomic mass is 35.5. The molecule has 0 heterocycles. The molecule has 2 rings (SSSR count). The van der Waals surface area contributed by atoms with Crippen molar-refractivity contribution in [2.75, 3.05) is 22.4 Å². The molecule has 0 radical (unpaired) electrons. The monoisotopic (exact) mass is 394 g/mol. The van der Waals surface area contributed by atoms with Crippen LogP contribution in [0.1, 0.15) is 24.5 Å². The minimum absolute atomic E-state index is 0.0383. The highest BCUT2D eigenvalue weighted by Gasteiger charge is 2.20. The summed E-state index contributed by atoms with van der Waals surface area (Å²) in [4.78, 5) is 12.3. The first-order valence-electron chi connectivity index (χ1n) is 8.34. The van der Waals surface area contributed by atoms with Gasteiger partial charge in [0, 0.05) is 23.7 Å². The van der Waals surface area contributed by atoms with E-state index in [1.807, 2.05) is 32.0 Å². The van der Waals surface area contributed by atoms with Crippen molar-refractivity contribution in [3.05, 3.63) is 58.6 Å². The highest BCUT2D eigenvalue weighted by molar-refractivity contribution is 7.92. The Labute approximate surface area is 160 Å². The Morgan fingerprint density at radius 3 is 2.50 bits per heavy atom. The van der Waals surface area contributed by atoms with Crippen molar-refractivity contribution in [3.8, 4) is 0 Å². The van der Waals surface area contributed by atoms with E-state index in [9.17, 15) is 13.2 Å². The van der Waals surface area contributed by atoms with Crippen LogP contribution in [0.2, 0.25) is 5.02 Å². The molecule has 2 aromatic rings. The van der Waals surface area contributed by atoms with E-state index < -0.39 is 10.0 Å². The van der Waals surface area contributed by atoms with Gasteiger partial charge in [-0.05, 0) is 42.7 Å². The number of hydrogen-bond acceptors (Lipinski definition) is 3. The van der Waals surface area contributed by atoms with Gasteiger partial charge in [0.15, 0.2) is 0 Å². The van der Waals surface area contributed by atoms with Crippen molar-refractivity contribution in [2.45, 2.75) is 26.7 Å². The lowest BCUT2D eigenvalue weighted by Gasteiger charge is -2.24. The summed E-state index contributed by atoms with van der Waals surface area (Å²) in [5.74, 6) is -0.271. The lowest BCUT2D eigenvalue weighted by molar-refractivity contribution is -0.116. The molecule has 0 aliphatic rings. The Balaban J connectivity index is 2.12. The number of carbonyl (C=O) groups excluding carboxylic acids is 1. The number of anilines is 2. The Morgan fingerprint density at radius 1 is 1.19 bits per heavy atom. The number of hydrogen-bond donors (Lipinski definition) is 1. The first-order valence-corrected chi connectivity index (χ1v) is 10.6. The summed E-state index contributed by atoms with van der Waals surface area (Å²) in [6, 6.07) is 12.6. The maximum absolute atomic E-state index is 12.3. The smallest absolute Gasteiger partial charge is 0.232 e. The molecule has 5 nitrogen and oxygen atoms in total. The molecule has 0 atom stereocenters. The number of aryl methyl sites for hydroxylation is 2. The molecule has 7 heteroatoms. The Kier molecular flexibility index (Phi) is 6.67. The van der Waals surface area contributed by atoms with E-state index in [4.69, 9.17) is 11.6 Å². The van der Waals surface area contributed by atoms with E-state index >= 15 is 0 Å². The van der Waals surface area contributed by atoms with Gasteiger partial charge < -0.3 is 5.32 Å². The summed E-state index contributed by atoms with van der Waals surface area (Å²) >= 11 is 6.06. The van der Waals surface area contributed by atoms with Crippen molar-refractivity contribution in [3.63, 3.8) is 0 Å². The van der Waals surface area contributed by atoms with Crippen LogP contribution in [-0.4, -0.2) is 27.1 Å². The van der Waals surface area contributed by atoms with Crippen molar-refractivity contribution < 1.29 is 13.2 Å². The normalized spacial score (nSPS) is 11.2. The van der Waals surface area contributed by atoms with Gasteiger partial charge >= 0.3 is 0 Å². The van der Waals surface area contributed by atoms with Crippen molar-refractivity contribution >= 4 is 38.9 Å². The molecule has 2 aromatic carbocycles. The number of benzene rings is 2. The van der Waals surface area contributed by atoms with E-state index in [0.717, 1.165) is 17.4 Å². The van der Waals surface area contributed by atoms with Gasteiger partial charge in [-0.3, -0.25) is 9.10 Å². The van der Waals surface area contributed by atoms with Gasteiger partial charge in [-0.1, -0.05) is 42.8 Å². The minimum Gasteiger partial charge on any atom is -0.326 e. The molecule has 0 saturated heterocycles. The summed E-state index contributed by atoms with van der Waals surface area (Å²) in [5.41, 5.74) is 3.04. The van der Waals surface area contributed by atoms with E-state index in [2.05, 4.69) is 5.32 Å². The van der Waals surface area contributed by atoms with Gasteiger partial charge in [0.1, 0.15) is 0 Å². The molecule has 0 saturated carbocycles. The fourth-order valence-corrected chi connectivity index (χ4v) is 3.75. The molecule has 0 spiro atoms. The molecule has 140 valence electrons. The molecule has 1 amide bonds. The van der Waals surface area contributed by atoms with Crippen LogP contribution in [0, 0.1) is 6.92 Å². The highest BCUT2D eigenvalue weighted by Crippen LogP contribution is 2.24. The Morgan fingerprint density at radius 2 is 1.88 bits per heavy atom. The largest absolute Gasteiger partial charge is 0.326 e. The summed E-state index contributed by atoms with van der Waals surface area (Å²) in [6.07, 6.45) is 1.89. The minimum atomic E-state index is -3.50. The second-order valence-corrected chi connectivity index (χ2v) is 8.39. The van der Waals surface area contributed by atoms with E-state index in [1.54, 1.807) is 24.3 Å². The number of halogens is 1. The third-order valence-corrected chi connectivity index (χ3v) is 5.63. The predicted octanol–water partition coefficient (Wildman–Crippen LogP) is 4.01. The van der Waals surface area contributed by atoms with Crippen molar-refractivity contribution in [1.82, 2.24) is 0 Å². The zero-order chi connectivity index (χ0) is 19.3. The van der Waals surface area contributed by atoms with Gasteiger partial charge in [0.2, 0.25) is 15.9 Å². The van der Waals surface area contributed by atoms with Crippen LogP contribution >= 0.6 is 11.6 Å². The molecule has 26 heavy (non-hydrogen) atoms. The van der Waals surface area contributed by atoms with Gasteiger partial charge in [0.25, 0.3) is 0 Å². The molecule has 0 bridgehead atoms. The number of nitrogens with zero attached hydrogens (tertiary/aromatic N) is 1. The zero-order valence-electron chi connectivity index (χ0n) is 15.1. The standard InChI is InChI=1S/C19H23ClN2O3S/c1-4-15-7-5-6-8-18(15)22(26(3,24)25)12-11-19(23)21-16-10-9-14(2)17(20)13-16/h5-10,13H,4,11-12H2,1-3H3,(H,21,23). The molecule has 0 aromatic heterocycles. The van der Waals surface area contributed by atoms with Gasteiger partial charge in [-0.15, -0.1) is 0 Å². The topological polar surface area (TPSA) is 66.5 Å². The molecule has 0 unspecified atom stereocenters. The number of para-hydroxylation sites is 1. The zero-order valence-corrected chi connectivity index (χ0v) is 16.7. The quantitative estimate of drug-likeness (QED) is 0.771. The second-order valence-electron chi connectivity index (χ2n) is 6.08.